The summed E-state index contributed by atoms with van der Waals surface area (Å²) < 4.78 is 2.15. The summed E-state index contributed by atoms with van der Waals surface area (Å²) in [6.07, 6.45) is 2.02. The van der Waals surface area contributed by atoms with E-state index in [1.165, 1.54) is 5.56 Å². The molecular formula is C12H16N4S. The van der Waals surface area contributed by atoms with Gasteiger partial charge >= 0.3 is 0 Å². The molecule has 4 nitrogen and oxygen atoms in total. The number of thioether (sulfide) groups is 1. The molecule has 0 spiro atoms. The van der Waals surface area contributed by atoms with E-state index in [1.54, 1.807) is 11.8 Å². The second-order valence-corrected chi connectivity index (χ2v) is 4.48. The SMILES string of the molecule is CNCc1nnc(SC)n1Cc1ccccc1. The summed E-state index contributed by atoms with van der Waals surface area (Å²) >= 11 is 1.62. The molecule has 5 heteroatoms. The van der Waals surface area contributed by atoms with E-state index in [2.05, 4.69) is 44.3 Å². The van der Waals surface area contributed by atoms with Gasteiger partial charge in [-0.25, -0.2) is 0 Å². The molecule has 1 aromatic heterocycles. The molecule has 90 valence electrons. The van der Waals surface area contributed by atoms with Crippen molar-refractivity contribution in [3.63, 3.8) is 0 Å². The number of nitrogens with zero attached hydrogens (tertiary/aromatic N) is 3. The Morgan fingerprint density at radius 3 is 2.65 bits per heavy atom. The maximum atomic E-state index is 4.20. The number of hydrogen-bond acceptors (Lipinski definition) is 4. The predicted octanol–water partition coefficient (Wildman–Crippen LogP) is 1.77. The van der Waals surface area contributed by atoms with E-state index in [9.17, 15) is 0 Å². The fourth-order valence-corrected chi connectivity index (χ4v) is 2.20. The monoisotopic (exact) mass is 248 g/mol. The van der Waals surface area contributed by atoms with E-state index >= 15 is 0 Å². The Hall–Kier alpha value is -1.33. The van der Waals surface area contributed by atoms with Crippen LogP contribution in [0.1, 0.15) is 11.4 Å². The third-order valence-corrected chi connectivity index (χ3v) is 3.16. The number of aromatic nitrogens is 3. The second kappa shape index (κ2) is 5.84. The zero-order valence-corrected chi connectivity index (χ0v) is 10.9. The summed E-state index contributed by atoms with van der Waals surface area (Å²) in [4.78, 5) is 0. The van der Waals surface area contributed by atoms with Gasteiger partial charge < -0.3 is 9.88 Å². The Kier molecular flexibility index (Phi) is 4.17. The van der Waals surface area contributed by atoms with Crippen LogP contribution < -0.4 is 5.32 Å². The Labute approximate surface area is 105 Å². The Morgan fingerprint density at radius 1 is 1.24 bits per heavy atom. The Bertz CT molecular complexity index is 467. The van der Waals surface area contributed by atoms with Crippen LogP contribution in [-0.4, -0.2) is 28.1 Å². The normalized spacial score (nSPS) is 10.7. The van der Waals surface area contributed by atoms with Crippen molar-refractivity contribution in [1.29, 1.82) is 0 Å². The lowest BCUT2D eigenvalue weighted by Crippen LogP contribution is -2.13. The van der Waals surface area contributed by atoms with Gasteiger partial charge in [0.05, 0.1) is 13.1 Å². The third-order valence-electron chi connectivity index (χ3n) is 2.49. The molecule has 0 aliphatic heterocycles. The third kappa shape index (κ3) is 2.87. The van der Waals surface area contributed by atoms with Crippen LogP contribution in [0, 0.1) is 0 Å². The van der Waals surface area contributed by atoms with Gasteiger partial charge in [0.1, 0.15) is 5.82 Å². The van der Waals surface area contributed by atoms with Crippen LogP contribution in [0.25, 0.3) is 0 Å². The molecule has 0 aliphatic rings. The molecule has 17 heavy (non-hydrogen) atoms. The quantitative estimate of drug-likeness (QED) is 0.819. The summed E-state index contributed by atoms with van der Waals surface area (Å²) in [6, 6.07) is 10.4. The average Bonchev–Trinajstić information content (AvgIpc) is 2.74. The molecule has 0 unspecified atom stereocenters. The topological polar surface area (TPSA) is 42.7 Å². The highest BCUT2D eigenvalue weighted by Gasteiger charge is 2.10. The first kappa shape index (κ1) is 12.1. The molecule has 0 atom stereocenters. The summed E-state index contributed by atoms with van der Waals surface area (Å²) in [5.41, 5.74) is 1.26. The predicted molar refractivity (Wildman–Crippen MR) is 70.1 cm³/mol. The number of hydrogen-bond donors (Lipinski definition) is 1. The fraction of sp³-hybridized carbons (Fsp3) is 0.333. The molecular weight excluding hydrogens is 232 g/mol. The molecule has 0 saturated heterocycles. The molecule has 2 aromatic rings. The smallest absolute Gasteiger partial charge is 0.191 e. The largest absolute Gasteiger partial charge is 0.313 e. The molecule has 0 aliphatic carbocycles. The fourth-order valence-electron chi connectivity index (χ4n) is 1.68. The van der Waals surface area contributed by atoms with Crippen LogP contribution in [0.15, 0.2) is 35.5 Å². The molecule has 1 heterocycles. The highest BCUT2D eigenvalue weighted by molar-refractivity contribution is 7.98. The van der Waals surface area contributed by atoms with Gasteiger partial charge in [-0.15, -0.1) is 10.2 Å². The first-order valence-electron chi connectivity index (χ1n) is 5.49. The zero-order valence-electron chi connectivity index (χ0n) is 10.1. The molecule has 1 N–H and O–H groups in total. The standard InChI is InChI=1S/C12H16N4S/c1-13-8-11-14-15-12(17-2)16(11)9-10-6-4-3-5-7-10/h3-7,13H,8-9H2,1-2H3. The molecule has 0 amide bonds. The van der Waals surface area contributed by atoms with E-state index in [-0.39, 0.29) is 0 Å². The minimum atomic E-state index is 0.737. The van der Waals surface area contributed by atoms with Crippen molar-refractivity contribution in [2.45, 2.75) is 18.2 Å². The molecule has 0 saturated carbocycles. The number of nitrogens with one attached hydrogen (secondary N) is 1. The number of rotatable bonds is 5. The zero-order chi connectivity index (χ0) is 12.1. The summed E-state index contributed by atoms with van der Waals surface area (Å²) in [6.45, 7) is 1.56. The number of benzene rings is 1. The highest BCUT2D eigenvalue weighted by Crippen LogP contribution is 2.15. The lowest BCUT2D eigenvalue weighted by molar-refractivity contribution is 0.637. The van der Waals surface area contributed by atoms with Crippen molar-refractivity contribution in [2.24, 2.45) is 0 Å². The van der Waals surface area contributed by atoms with Gasteiger partial charge in [0, 0.05) is 0 Å². The lowest BCUT2D eigenvalue weighted by Gasteiger charge is -2.08. The van der Waals surface area contributed by atoms with E-state index in [0.717, 1.165) is 24.1 Å². The van der Waals surface area contributed by atoms with Crippen LogP contribution in [0.3, 0.4) is 0 Å². The minimum Gasteiger partial charge on any atom is -0.313 e. The van der Waals surface area contributed by atoms with Crippen LogP contribution in [0.2, 0.25) is 0 Å². The minimum absolute atomic E-state index is 0.737. The second-order valence-electron chi connectivity index (χ2n) is 3.70. The van der Waals surface area contributed by atoms with Crippen LogP contribution >= 0.6 is 11.8 Å². The van der Waals surface area contributed by atoms with E-state index in [4.69, 9.17) is 0 Å². The first-order valence-corrected chi connectivity index (χ1v) is 6.72. The van der Waals surface area contributed by atoms with Crippen LogP contribution in [0.5, 0.6) is 0 Å². The first-order chi connectivity index (χ1) is 8.35. The van der Waals surface area contributed by atoms with Crippen molar-refractivity contribution >= 4 is 11.8 Å². The van der Waals surface area contributed by atoms with Crippen molar-refractivity contribution in [3.05, 3.63) is 41.7 Å². The van der Waals surface area contributed by atoms with Gasteiger partial charge in [-0.1, -0.05) is 42.1 Å². The lowest BCUT2D eigenvalue weighted by atomic mass is 10.2. The van der Waals surface area contributed by atoms with E-state index in [1.807, 2.05) is 19.4 Å². The molecule has 0 bridgehead atoms. The molecule has 0 radical (unpaired) electrons. The van der Waals surface area contributed by atoms with Gasteiger partial charge in [0.25, 0.3) is 0 Å². The van der Waals surface area contributed by atoms with Gasteiger partial charge in [-0.2, -0.15) is 0 Å². The molecule has 1 aromatic carbocycles. The van der Waals surface area contributed by atoms with Gasteiger partial charge in [0.15, 0.2) is 5.16 Å². The van der Waals surface area contributed by atoms with Crippen molar-refractivity contribution in [1.82, 2.24) is 20.1 Å². The molecule has 0 fully saturated rings. The van der Waals surface area contributed by atoms with Crippen molar-refractivity contribution in [3.8, 4) is 0 Å². The Morgan fingerprint density at radius 2 is 2.00 bits per heavy atom. The molecule has 2 rings (SSSR count). The average molecular weight is 248 g/mol. The van der Waals surface area contributed by atoms with Crippen molar-refractivity contribution in [2.75, 3.05) is 13.3 Å². The maximum Gasteiger partial charge on any atom is 0.191 e. The van der Waals surface area contributed by atoms with Crippen LogP contribution in [0.4, 0.5) is 0 Å². The summed E-state index contributed by atoms with van der Waals surface area (Å²) in [5.74, 6) is 0.973. The van der Waals surface area contributed by atoms with Gasteiger partial charge in [0.2, 0.25) is 0 Å². The van der Waals surface area contributed by atoms with Crippen LogP contribution in [-0.2, 0) is 13.1 Å². The highest BCUT2D eigenvalue weighted by atomic mass is 32.2. The summed E-state index contributed by atoms with van der Waals surface area (Å²) in [7, 11) is 1.92. The maximum absolute atomic E-state index is 4.20. The Balaban J connectivity index is 2.26. The summed E-state index contributed by atoms with van der Waals surface area (Å²) in [5, 5.41) is 12.5. The van der Waals surface area contributed by atoms with E-state index in [0.29, 0.717) is 0 Å². The van der Waals surface area contributed by atoms with Crippen molar-refractivity contribution < 1.29 is 0 Å². The van der Waals surface area contributed by atoms with E-state index < -0.39 is 0 Å². The van der Waals surface area contributed by atoms with Gasteiger partial charge in [-0.3, -0.25) is 0 Å². The van der Waals surface area contributed by atoms with Gasteiger partial charge in [-0.05, 0) is 18.9 Å².